The zero-order valence-corrected chi connectivity index (χ0v) is 6.74. The number of aliphatic hydroxyl groups is 2. The van der Waals surface area contributed by atoms with Gasteiger partial charge in [-0.15, -0.1) is 0 Å². The quantitative estimate of drug-likeness (QED) is 0.398. The van der Waals surface area contributed by atoms with Crippen LogP contribution in [0.5, 0.6) is 0 Å². The first-order chi connectivity index (χ1) is 4.83. The molecule has 0 radical (unpaired) electrons. The third kappa shape index (κ3) is 26.7. The Balaban J connectivity index is 0. The molecule has 5 nitrogen and oxygen atoms in total. The summed E-state index contributed by atoms with van der Waals surface area (Å²) in [6.45, 7) is 2.78. The lowest BCUT2D eigenvalue weighted by atomic mass is 10.3. The van der Waals surface area contributed by atoms with Crippen LogP contribution in [0.1, 0.15) is 20.3 Å². The van der Waals surface area contributed by atoms with E-state index >= 15 is 0 Å². The van der Waals surface area contributed by atoms with Crippen LogP contribution in [0.25, 0.3) is 0 Å². The van der Waals surface area contributed by atoms with Gasteiger partial charge < -0.3 is 21.1 Å². The average Bonchev–Trinajstić information content (AvgIpc) is 1.88. The van der Waals surface area contributed by atoms with Gasteiger partial charge in [-0.2, -0.15) is 0 Å². The Morgan fingerprint density at radius 1 is 1.55 bits per heavy atom. The smallest absolute Gasteiger partial charge is 0.317 e. The van der Waals surface area contributed by atoms with Gasteiger partial charge in [-0.05, 0) is 13.3 Å². The molecule has 5 N–H and O–H groups in total. The molecule has 0 aromatic rings. The van der Waals surface area contributed by atoms with Crippen molar-refractivity contribution < 1.29 is 20.1 Å². The molecule has 11 heavy (non-hydrogen) atoms. The highest BCUT2D eigenvalue weighted by Crippen LogP contribution is 1.99. The molecule has 0 fully saturated rings. The summed E-state index contributed by atoms with van der Waals surface area (Å²) in [6, 6.07) is 0. The van der Waals surface area contributed by atoms with E-state index in [9.17, 15) is 4.79 Å². The molecule has 0 aromatic carbocycles. The van der Waals surface area contributed by atoms with Crippen molar-refractivity contribution in [1.82, 2.24) is 0 Å². The monoisotopic (exact) mass is 165 g/mol. The minimum Gasteiger partial charge on any atom is -0.480 e. The van der Waals surface area contributed by atoms with E-state index in [1.54, 1.807) is 6.92 Å². The molecule has 0 atom stereocenters. The maximum atomic E-state index is 9.24. The molecule has 0 rings (SSSR count). The third-order valence-corrected chi connectivity index (χ3v) is 0.844. The van der Waals surface area contributed by atoms with Crippen LogP contribution in [0.4, 0.5) is 0 Å². The second-order valence-electron chi connectivity index (χ2n) is 2.17. The first kappa shape index (κ1) is 13.0. The minimum absolute atomic E-state index is 0.278. The van der Waals surface area contributed by atoms with Crippen LogP contribution >= 0.6 is 0 Å². The Bertz CT molecular complexity index is 108. The number of carboxylic acids is 1. The van der Waals surface area contributed by atoms with Crippen LogP contribution in [0.3, 0.4) is 0 Å². The van der Waals surface area contributed by atoms with Gasteiger partial charge >= 0.3 is 5.97 Å². The molecule has 0 heterocycles. The standard InChI is InChI=1S/C4H10O2.C2H5NO2/c1-3-4(2,5)6;3-1-2(4)5/h5-6H,3H2,1-2H3;1,3H2,(H,4,5). The molecular formula is C6H15NO4. The van der Waals surface area contributed by atoms with Crippen LogP contribution < -0.4 is 5.73 Å². The number of rotatable bonds is 2. The highest BCUT2D eigenvalue weighted by Gasteiger charge is 2.08. The normalized spacial score (nSPS) is 9.91. The maximum Gasteiger partial charge on any atom is 0.317 e. The van der Waals surface area contributed by atoms with Crippen molar-refractivity contribution in [3.8, 4) is 0 Å². The van der Waals surface area contributed by atoms with E-state index < -0.39 is 11.8 Å². The SMILES string of the molecule is CCC(C)(O)O.NCC(=O)O. The first-order valence-corrected chi connectivity index (χ1v) is 3.20. The Morgan fingerprint density at radius 3 is 1.73 bits per heavy atom. The molecule has 0 saturated heterocycles. The lowest BCUT2D eigenvalue weighted by molar-refractivity contribution is -0.145. The predicted octanol–water partition coefficient (Wildman–Crippen LogP) is -0.873. The predicted molar refractivity (Wildman–Crippen MR) is 39.8 cm³/mol. The van der Waals surface area contributed by atoms with Crippen molar-refractivity contribution in [3.05, 3.63) is 0 Å². The summed E-state index contributed by atoms with van der Waals surface area (Å²) < 4.78 is 0. The van der Waals surface area contributed by atoms with E-state index in [4.69, 9.17) is 15.3 Å². The molecule has 0 aliphatic carbocycles. The van der Waals surface area contributed by atoms with Gasteiger partial charge in [-0.1, -0.05) is 6.92 Å². The fraction of sp³-hybridized carbons (Fsp3) is 0.833. The summed E-state index contributed by atoms with van der Waals surface area (Å²) in [5.41, 5.74) is 4.57. The van der Waals surface area contributed by atoms with E-state index in [2.05, 4.69) is 5.73 Å². The lowest BCUT2D eigenvalue weighted by Crippen LogP contribution is -2.20. The van der Waals surface area contributed by atoms with E-state index in [0.717, 1.165) is 0 Å². The lowest BCUT2D eigenvalue weighted by Gasteiger charge is -2.10. The van der Waals surface area contributed by atoms with Gasteiger partial charge in [0.05, 0.1) is 6.54 Å². The summed E-state index contributed by atoms with van der Waals surface area (Å²) in [4.78, 5) is 9.24. The molecule has 0 bridgehead atoms. The molecule has 0 amide bonds. The van der Waals surface area contributed by atoms with Crippen LogP contribution in [0.15, 0.2) is 0 Å². The topological polar surface area (TPSA) is 104 Å². The zero-order valence-electron chi connectivity index (χ0n) is 6.74. The molecule has 0 aliphatic heterocycles. The highest BCUT2D eigenvalue weighted by molar-refractivity contribution is 5.68. The van der Waals surface area contributed by atoms with Crippen molar-refractivity contribution in [2.45, 2.75) is 26.1 Å². The fourth-order valence-electron chi connectivity index (χ4n) is 0. The summed E-state index contributed by atoms with van der Waals surface area (Å²) in [6.07, 6.45) is 0.382. The van der Waals surface area contributed by atoms with E-state index in [-0.39, 0.29) is 6.54 Å². The summed E-state index contributed by atoms with van der Waals surface area (Å²) >= 11 is 0. The van der Waals surface area contributed by atoms with Crippen molar-refractivity contribution in [1.29, 1.82) is 0 Å². The molecule has 0 aliphatic rings. The van der Waals surface area contributed by atoms with Crippen LogP contribution in [0, 0.1) is 0 Å². The molecule has 5 heteroatoms. The Hall–Kier alpha value is -0.650. The molecule has 0 spiro atoms. The van der Waals surface area contributed by atoms with Gasteiger partial charge in [-0.3, -0.25) is 4.79 Å². The number of aliphatic carboxylic acids is 1. The van der Waals surface area contributed by atoms with Crippen molar-refractivity contribution >= 4 is 5.97 Å². The van der Waals surface area contributed by atoms with E-state index in [1.807, 2.05) is 0 Å². The van der Waals surface area contributed by atoms with Crippen LogP contribution in [-0.4, -0.2) is 33.6 Å². The average molecular weight is 165 g/mol. The second-order valence-corrected chi connectivity index (χ2v) is 2.17. The fourth-order valence-corrected chi connectivity index (χ4v) is 0. The highest BCUT2D eigenvalue weighted by atomic mass is 16.5. The van der Waals surface area contributed by atoms with Gasteiger partial charge in [0.2, 0.25) is 0 Å². The van der Waals surface area contributed by atoms with Crippen LogP contribution in [0.2, 0.25) is 0 Å². The molecular weight excluding hydrogens is 150 g/mol. The van der Waals surface area contributed by atoms with E-state index in [1.165, 1.54) is 6.92 Å². The summed E-state index contributed by atoms with van der Waals surface area (Å²) in [5, 5.41) is 24.4. The van der Waals surface area contributed by atoms with Crippen molar-refractivity contribution in [2.24, 2.45) is 5.73 Å². The maximum absolute atomic E-state index is 9.24. The van der Waals surface area contributed by atoms with Gasteiger partial charge in [0.1, 0.15) is 0 Å². The third-order valence-electron chi connectivity index (χ3n) is 0.844. The van der Waals surface area contributed by atoms with E-state index in [0.29, 0.717) is 6.42 Å². The second kappa shape index (κ2) is 6.09. The number of hydrogen-bond acceptors (Lipinski definition) is 4. The van der Waals surface area contributed by atoms with Gasteiger partial charge in [-0.25, -0.2) is 0 Å². The molecule has 68 valence electrons. The van der Waals surface area contributed by atoms with Crippen molar-refractivity contribution in [3.63, 3.8) is 0 Å². The Morgan fingerprint density at radius 2 is 1.73 bits per heavy atom. The first-order valence-electron chi connectivity index (χ1n) is 3.20. The number of carboxylic acid groups (broad SMARTS) is 1. The Labute approximate surface area is 65.5 Å². The largest absolute Gasteiger partial charge is 0.480 e. The minimum atomic E-state index is -1.46. The van der Waals surface area contributed by atoms with Crippen molar-refractivity contribution in [2.75, 3.05) is 6.54 Å². The zero-order chi connectivity index (χ0) is 9.49. The molecule has 0 aromatic heterocycles. The number of hydrogen-bond donors (Lipinski definition) is 4. The van der Waals surface area contributed by atoms with Gasteiger partial charge in [0.15, 0.2) is 5.79 Å². The number of carbonyl (C=O) groups is 1. The summed E-state index contributed by atoms with van der Waals surface area (Å²) in [7, 11) is 0. The number of nitrogens with two attached hydrogens (primary N) is 1. The van der Waals surface area contributed by atoms with Gasteiger partial charge in [0.25, 0.3) is 0 Å². The summed E-state index contributed by atoms with van der Waals surface area (Å²) in [5.74, 6) is -2.43. The van der Waals surface area contributed by atoms with Gasteiger partial charge in [0, 0.05) is 0 Å². The van der Waals surface area contributed by atoms with Crippen LogP contribution in [-0.2, 0) is 4.79 Å². The Kier molecular flexibility index (Phi) is 7.18. The molecule has 0 unspecified atom stereocenters. The molecule has 0 saturated carbocycles.